The molecule has 5 heteroatoms. The van der Waals surface area contributed by atoms with E-state index in [4.69, 9.17) is 4.74 Å². The predicted octanol–water partition coefficient (Wildman–Crippen LogP) is 4.16. The Kier molecular flexibility index (Phi) is 6.19. The van der Waals surface area contributed by atoms with E-state index in [1.165, 1.54) is 16.7 Å². The monoisotopic (exact) mass is 369 g/mol. The largest absolute Gasteiger partial charge is 0.496 e. The molecule has 1 aliphatic rings. The summed E-state index contributed by atoms with van der Waals surface area (Å²) < 4.78 is 7.65. The summed E-state index contributed by atoms with van der Waals surface area (Å²) in [6.45, 7) is 7.95. The molecule has 1 N–H and O–H groups in total. The van der Waals surface area contributed by atoms with Crippen LogP contribution in [0.3, 0.4) is 0 Å². The molecule has 1 aliphatic heterocycles. The van der Waals surface area contributed by atoms with Crippen LogP contribution in [0.4, 0.5) is 0 Å². The summed E-state index contributed by atoms with van der Waals surface area (Å²) in [5.74, 6) is 2.38. The van der Waals surface area contributed by atoms with E-state index in [0.717, 1.165) is 56.8 Å². The molecule has 0 saturated heterocycles. The highest BCUT2D eigenvalue weighted by Gasteiger charge is 2.24. The molecule has 0 spiro atoms. The van der Waals surface area contributed by atoms with E-state index < -0.39 is 0 Å². The van der Waals surface area contributed by atoms with Crippen LogP contribution in [0.5, 0.6) is 5.75 Å². The molecule has 1 aromatic carbocycles. The summed E-state index contributed by atoms with van der Waals surface area (Å²) in [5, 5.41) is 2.98. The van der Waals surface area contributed by atoms with E-state index in [1.807, 2.05) is 6.20 Å². The standard InChI is InChI=1S/C22H31N3O2/c1-5-6-7-10-23-22(26)19-14-25-13-17(8-9-20(25)24-19)18-11-15(2)21(27-4)16(3)12-18/h11-12,14,17H,5-10,13H2,1-4H3,(H,23,26). The third-order valence-corrected chi connectivity index (χ3v) is 5.45. The number of nitrogens with zero attached hydrogens (tertiary/aromatic N) is 2. The van der Waals surface area contributed by atoms with Gasteiger partial charge in [-0.1, -0.05) is 31.9 Å². The molecular formula is C22H31N3O2. The lowest BCUT2D eigenvalue weighted by Gasteiger charge is -2.25. The van der Waals surface area contributed by atoms with Gasteiger partial charge in [0.25, 0.3) is 5.91 Å². The summed E-state index contributed by atoms with van der Waals surface area (Å²) in [4.78, 5) is 16.9. The predicted molar refractivity (Wildman–Crippen MR) is 108 cm³/mol. The van der Waals surface area contributed by atoms with Crippen molar-refractivity contribution in [1.29, 1.82) is 0 Å². The molecule has 5 nitrogen and oxygen atoms in total. The number of unbranched alkanes of at least 4 members (excludes halogenated alkanes) is 2. The second-order valence-electron chi connectivity index (χ2n) is 7.58. The number of hydrogen-bond acceptors (Lipinski definition) is 3. The molecule has 0 radical (unpaired) electrons. The van der Waals surface area contributed by atoms with Gasteiger partial charge in [-0.2, -0.15) is 0 Å². The van der Waals surface area contributed by atoms with Crippen molar-refractivity contribution in [3.05, 3.63) is 46.5 Å². The molecule has 1 amide bonds. The average Bonchev–Trinajstić information content (AvgIpc) is 3.08. The zero-order chi connectivity index (χ0) is 19.4. The molecule has 2 heterocycles. The summed E-state index contributed by atoms with van der Waals surface area (Å²) in [6, 6.07) is 4.47. The molecule has 1 aromatic heterocycles. The van der Waals surface area contributed by atoms with E-state index in [-0.39, 0.29) is 5.91 Å². The fourth-order valence-electron chi connectivity index (χ4n) is 4.03. The number of nitrogens with one attached hydrogen (secondary N) is 1. The van der Waals surface area contributed by atoms with Crippen molar-refractivity contribution in [1.82, 2.24) is 14.9 Å². The van der Waals surface area contributed by atoms with Gasteiger partial charge in [-0.3, -0.25) is 4.79 Å². The topological polar surface area (TPSA) is 56.2 Å². The van der Waals surface area contributed by atoms with Crippen LogP contribution in [0.25, 0.3) is 0 Å². The third-order valence-electron chi connectivity index (χ3n) is 5.45. The summed E-state index contributed by atoms with van der Waals surface area (Å²) in [7, 11) is 1.72. The Morgan fingerprint density at radius 2 is 2.04 bits per heavy atom. The molecule has 27 heavy (non-hydrogen) atoms. The maximum absolute atomic E-state index is 12.3. The van der Waals surface area contributed by atoms with E-state index >= 15 is 0 Å². The van der Waals surface area contributed by atoms with Gasteiger partial charge < -0.3 is 14.6 Å². The van der Waals surface area contributed by atoms with Gasteiger partial charge in [0.2, 0.25) is 0 Å². The number of fused-ring (bicyclic) bond motifs is 1. The molecule has 0 fully saturated rings. The van der Waals surface area contributed by atoms with Crippen molar-refractivity contribution in [2.24, 2.45) is 0 Å². The van der Waals surface area contributed by atoms with Gasteiger partial charge in [0.1, 0.15) is 17.3 Å². The Bertz CT molecular complexity index is 787. The average molecular weight is 370 g/mol. The van der Waals surface area contributed by atoms with Crippen LogP contribution in [0.15, 0.2) is 18.3 Å². The van der Waals surface area contributed by atoms with Gasteiger partial charge in [-0.25, -0.2) is 4.98 Å². The van der Waals surface area contributed by atoms with Gasteiger partial charge in [-0.05, 0) is 43.4 Å². The van der Waals surface area contributed by atoms with E-state index in [1.54, 1.807) is 7.11 Å². The zero-order valence-corrected chi connectivity index (χ0v) is 17.0. The number of benzene rings is 1. The van der Waals surface area contributed by atoms with Crippen LogP contribution in [0.2, 0.25) is 0 Å². The molecule has 3 rings (SSSR count). The Labute approximate surface area is 162 Å². The van der Waals surface area contributed by atoms with Gasteiger partial charge >= 0.3 is 0 Å². The highest BCUT2D eigenvalue weighted by molar-refractivity contribution is 5.92. The Morgan fingerprint density at radius 1 is 1.30 bits per heavy atom. The summed E-state index contributed by atoms with van der Waals surface area (Å²) >= 11 is 0. The fraction of sp³-hybridized carbons (Fsp3) is 0.545. The highest BCUT2D eigenvalue weighted by atomic mass is 16.5. The number of rotatable bonds is 7. The van der Waals surface area contributed by atoms with Gasteiger partial charge in [0.15, 0.2) is 0 Å². The number of imidazole rings is 1. The first-order valence-electron chi connectivity index (χ1n) is 10.0. The van der Waals surface area contributed by atoms with Crippen molar-refractivity contribution in [2.45, 2.75) is 65.3 Å². The van der Waals surface area contributed by atoms with E-state index in [0.29, 0.717) is 11.6 Å². The Balaban J connectivity index is 1.70. The minimum Gasteiger partial charge on any atom is -0.496 e. The molecular weight excluding hydrogens is 338 g/mol. The van der Waals surface area contributed by atoms with Crippen molar-refractivity contribution >= 4 is 5.91 Å². The zero-order valence-electron chi connectivity index (χ0n) is 17.0. The SMILES string of the molecule is CCCCCNC(=O)c1cn2c(n1)CCC(c1cc(C)c(OC)c(C)c1)C2. The summed E-state index contributed by atoms with van der Waals surface area (Å²) in [5.41, 5.74) is 4.24. The minimum absolute atomic E-state index is 0.0549. The summed E-state index contributed by atoms with van der Waals surface area (Å²) in [6.07, 6.45) is 7.19. The molecule has 0 aliphatic carbocycles. The number of methoxy groups -OCH3 is 1. The lowest BCUT2D eigenvalue weighted by Crippen LogP contribution is -2.24. The normalized spacial score (nSPS) is 16.1. The third kappa shape index (κ3) is 4.34. The first-order valence-corrected chi connectivity index (χ1v) is 10.0. The quantitative estimate of drug-likeness (QED) is 0.746. The first kappa shape index (κ1) is 19.5. The van der Waals surface area contributed by atoms with E-state index in [2.05, 4.69) is 47.8 Å². The van der Waals surface area contributed by atoms with Crippen LogP contribution in [-0.2, 0) is 13.0 Å². The number of aromatic nitrogens is 2. The van der Waals surface area contributed by atoms with Crippen LogP contribution in [-0.4, -0.2) is 29.1 Å². The number of aryl methyl sites for hydroxylation is 3. The molecule has 1 atom stereocenters. The van der Waals surface area contributed by atoms with Crippen molar-refractivity contribution in [3.63, 3.8) is 0 Å². The highest BCUT2D eigenvalue weighted by Crippen LogP contribution is 2.33. The van der Waals surface area contributed by atoms with Gasteiger partial charge in [0.05, 0.1) is 7.11 Å². The number of carbonyl (C=O) groups excluding carboxylic acids is 1. The van der Waals surface area contributed by atoms with Gasteiger partial charge in [0, 0.05) is 31.6 Å². The smallest absolute Gasteiger partial charge is 0.271 e. The van der Waals surface area contributed by atoms with Crippen molar-refractivity contribution < 1.29 is 9.53 Å². The maximum atomic E-state index is 12.3. The van der Waals surface area contributed by atoms with Crippen LogP contribution in [0, 0.1) is 13.8 Å². The lowest BCUT2D eigenvalue weighted by molar-refractivity contribution is 0.0948. The van der Waals surface area contributed by atoms with Crippen molar-refractivity contribution in [2.75, 3.05) is 13.7 Å². The van der Waals surface area contributed by atoms with Crippen LogP contribution >= 0.6 is 0 Å². The first-order chi connectivity index (χ1) is 13.0. The second-order valence-corrected chi connectivity index (χ2v) is 7.58. The number of carbonyl (C=O) groups is 1. The van der Waals surface area contributed by atoms with Crippen LogP contribution < -0.4 is 10.1 Å². The van der Waals surface area contributed by atoms with Crippen LogP contribution in [0.1, 0.15) is 71.5 Å². The van der Waals surface area contributed by atoms with Crippen molar-refractivity contribution in [3.8, 4) is 5.75 Å². The molecule has 1 unspecified atom stereocenters. The minimum atomic E-state index is -0.0549. The van der Waals surface area contributed by atoms with E-state index in [9.17, 15) is 4.79 Å². The number of ether oxygens (including phenoxy) is 1. The number of amides is 1. The molecule has 2 aromatic rings. The lowest BCUT2D eigenvalue weighted by atomic mass is 9.89. The molecule has 0 saturated carbocycles. The molecule has 0 bridgehead atoms. The fourth-order valence-corrected chi connectivity index (χ4v) is 4.03. The Morgan fingerprint density at radius 3 is 2.70 bits per heavy atom. The maximum Gasteiger partial charge on any atom is 0.271 e. The Hall–Kier alpha value is -2.30. The molecule has 146 valence electrons. The van der Waals surface area contributed by atoms with Gasteiger partial charge in [-0.15, -0.1) is 0 Å². The second kappa shape index (κ2) is 8.59. The number of hydrogen-bond donors (Lipinski definition) is 1.